The zero-order valence-electron chi connectivity index (χ0n) is 14.7. The van der Waals surface area contributed by atoms with E-state index in [1.807, 2.05) is 62.4 Å². The third kappa shape index (κ3) is 2.11. The van der Waals surface area contributed by atoms with E-state index in [4.69, 9.17) is 0 Å². The van der Waals surface area contributed by atoms with Crippen LogP contribution in [0.3, 0.4) is 0 Å². The molecule has 0 N–H and O–H groups in total. The van der Waals surface area contributed by atoms with Gasteiger partial charge in [0.15, 0.2) is 0 Å². The minimum absolute atomic E-state index is 0.229. The predicted octanol–water partition coefficient (Wildman–Crippen LogP) is 4.01. The van der Waals surface area contributed by atoms with Crippen LogP contribution in [0.15, 0.2) is 48.5 Å². The molecule has 0 aliphatic heterocycles. The van der Waals surface area contributed by atoms with Gasteiger partial charge in [-0.15, -0.1) is 0 Å². The maximum atomic E-state index is 12.1. The molecule has 6 heteroatoms. The Morgan fingerprint density at radius 1 is 0.731 bits per heavy atom. The number of hydrogen-bond donors (Lipinski definition) is 0. The first kappa shape index (κ1) is 16.7. The lowest BCUT2D eigenvalue weighted by Gasteiger charge is -2.16. The Hall–Kier alpha value is -2.76. The summed E-state index contributed by atoms with van der Waals surface area (Å²) in [6.45, 7) is 3.90. The molecule has 2 saturated carbocycles. The van der Waals surface area contributed by atoms with Crippen molar-refractivity contribution in [2.45, 2.75) is 49.6 Å². The van der Waals surface area contributed by atoms with Crippen molar-refractivity contribution in [3.63, 3.8) is 0 Å². The van der Waals surface area contributed by atoms with Crippen LogP contribution in [-0.2, 0) is 0 Å². The molecule has 2 aromatic carbocycles. The molecule has 2 aromatic rings. The molecule has 2 aliphatic rings. The van der Waals surface area contributed by atoms with Gasteiger partial charge in [0.25, 0.3) is 11.1 Å². The second-order valence-electron chi connectivity index (χ2n) is 7.70. The molecule has 0 radical (unpaired) electrons. The fourth-order valence-corrected chi connectivity index (χ4v) is 4.57. The van der Waals surface area contributed by atoms with Crippen LogP contribution in [-0.4, -0.2) is 20.9 Å². The van der Waals surface area contributed by atoms with Crippen LogP contribution >= 0.6 is 0 Å². The van der Waals surface area contributed by atoms with Gasteiger partial charge in [0.1, 0.15) is 0 Å². The first-order valence-corrected chi connectivity index (χ1v) is 8.75. The van der Waals surface area contributed by atoms with E-state index >= 15 is 0 Å². The van der Waals surface area contributed by atoms with Crippen molar-refractivity contribution in [2.24, 2.45) is 0 Å². The van der Waals surface area contributed by atoms with Crippen LogP contribution in [0.2, 0.25) is 0 Å². The van der Waals surface area contributed by atoms with Crippen LogP contribution in [0.4, 0.5) is 0 Å². The maximum absolute atomic E-state index is 12.1. The molecule has 26 heavy (non-hydrogen) atoms. The molecule has 0 heterocycles. The highest BCUT2D eigenvalue weighted by molar-refractivity contribution is 5.45. The van der Waals surface area contributed by atoms with Crippen LogP contribution in [0.25, 0.3) is 0 Å². The second-order valence-corrected chi connectivity index (χ2v) is 7.70. The van der Waals surface area contributed by atoms with Gasteiger partial charge in [-0.3, -0.25) is 20.2 Å². The summed E-state index contributed by atoms with van der Waals surface area (Å²) >= 11 is 0. The summed E-state index contributed by atoms with van der Waals surface area (Å²) < 4.78 is 0. The number of aryl methyl sites for hydroxylation is 2. The lowest BCUT2D eigenvalue weighted by molar-refractivity contribution is -0.644. The quantitative estimate of drug-likeness (QED) is 0.601. The molecule has 0 spiro atoms. The number of nitrogens with zero attached hydrogens (tertiary/aromatic N) is 2. The highest BCUT2D eigenvalue weighted by Crippen LogP contribution is 2.73. The van der Waals surface area contributed by atoms with Crippen molar-refractivity contribution < 1.29 is 9.85 Å². The van der Waals surface area contributed by atoms with Gasteiger partial charge in [0, 0.05) is 22.7 Å². The SMILES string of the molecule is Cc1ccc([C@H]2C[C@@]2([N+](=O)[O-])[C@]2([N+](=O)[O-])C[C@@H]2c2ccc(C)cc2)cc1. The standard InChI is InChI=1S/C20H20N2O4/c1-13-3-7-15(8-4-13)17-11-19(17,21(23)24)20(22(25)26)12-18(20)16-9-5-14(2)6-10-16/h3-10,17-18H,11-12H2,1-2H3/t17-,18-,19+,20+/m1/s1. The number of rotatable bonds is 5. The van der Waals surface area contributed by atoms with Gasteiger partial charge in [0.2, 0.25) is 0 Å². The Labute approximate surface area is 151 Å². The Morgan fingerprint density at radius 2 is 1.04 bits per heavy atom. The van der Waals surface area contributed by atoms with Gasteiger partial charge in [-0.1, -0.05) is 59.7 Å². The summed E-state index contributed by atoms with van der Waals surface area (Å²) in [5.74, 6) is -0.808. The number of hydrogen-bond acceptors (Lipinski definition) is 4. The van der Waals surface area contributed by atoms with Crippen molar-refractivity contribution in [3.05, 3.63) is 91.0 Å². The van der Waals surface area contributed by atoms with E-state index in [2.05, 4.69) is 0 Å². The van der Waals surface area contributed by atoms with E-state index in [0.29, 0.717) is 0 Å². The molecule has 0 amide bonds. The molecule has 0 bridgehead atoms. The Kier molecular flexibility index (Phi) is 3.45. The summed E-state index contributed by atoms with van der Waals surface area (Å²) in [4.78, 5) is 23.4. The summed E-state index contributed by atoms with van der Waals surface area (Å²) in [6, 6.07) is 15.1. The van der Waals surface area contributed by atoms with Crippen LogP contribution in [0.1, 0.15) is 46.9 Å². The molecule has 2 aliphatic carbocycles. The lowest BCUT2D eigenvalue weighted by atomic mass is 9.93. The maximum Gasteiger partial charge on any atom is 0.298 e. The molecule has 6 nitrogen and oxygen atoms in total. The number of benzene rings is 2. The zero-order valence-corrected chi connectivity index (χ0v) is 14.7. The molecular weight excluding hydrogens is 332 g/mol. The van der Waals surface area contributed by atoms with Gasteiger partial charge >= 0.3 is 0 Å². The van der Waals surface area contributed by atoms with Gasteiger partial charge in [-0.2, -0.15) is 0 Å². The second kappa shape index (κ2) is 5.37. The largest absolute Gasteiger partial charge is 0.298 e. The van der Waals surface area contributed by atoms with Gasteiger partial charge in [-0.05, 0) is 25.0 Å². The normalized spacial score (nSPS) is 32.1. The van der Waals surface area contributed by atoms with Gasteiger partial charge in [-0.25, -0.2) is 0 Å². The average Bonchev–Trinajstić information content (AvgIpc) is 3.48. The van der Waals surface area contributed by atoms with Crippen molar-refractivity contribution in [3.8, 4) is 0 Å². The molecule has 4 rings (SSSR count). The van der Waals surface area contributed by atoms with Crippen LogP contribution < -0.4 is 0 Å². The van der Waals surface area contributed by atoms with E-state index in [1.165, 1.54) is 0 Å². The topological polar surface area (TPSA) is 86.3 Å². The first-order valence-electron chi connectivity index (χ1n) is 8.75. The number of nitro groups is 2. The summed E-state index contributed by atoms with van der Waals surface area (Å²) in [7, 11) is 0. The van der Waals surface area contributed by atoms with Crippen LogP contribution in [0, 0.1) is 34.1 Å². The molecular formula is C20H20N2O4. The third-order valence-corrected chi connectivity index (χ3v) is 6.22. The smallest absolute Gasteiger partial charge is 0.264 e. The molecule has 0 unspecified atom stereocenters. The highest BCUT2D eigenvalue weighted by atomic mass is 16.7. The lowest BCUT2D eigenvalue weighted by Crippen LogP contribution is -2.46. The van der Waals surface area contributed by atoms with E-state index in [9.17, 15) is 20.2 Å². The molecule has 0 saturated heterocycles. The first-order chi connectivity index (χ1) is 12.3. The van der Waals surface area contributed by atoms with E-state index in [-0.39, 0.29) is 22.7 Å². The third-order valence-electron chi connectivity index (χ3n) is 6.22. The summed E-state index contributed by atoms with van der Waals surface area (Å²) in [5, 5.41) is 24.1. The summed E-state index contributed by atoms with van der Waals surface area (Å²) in [6.07, 6.45) is 0.457. The molecule has 0 aromatic heterocycles. The molecule has 2 fully saturated rings. The van der Waals surface area contributed by atoms with E-state index < -0.39 is 22.9 Å². The van der Waals surface area contributed by atoms with Crippen molar-refractivity contribution >= 4 is 0 Å². The van der Waals surface area contributed by atoms with E-state index in [0.717, 1.165) is 22.3 Å². The highest BCUT2D eigenvalue weighted by Gasteiger charge is 2.93. The van der Waals surface area contributed by atoms with E-state index in [1.54, 1.807) is 0 Å². The predicted molar refractivity (Wildman–Crippen MR) is 96.5 cm³/mol. The Balaban J connectivity index is 1.74. The Morgan fingerprint density at radius 3 is 1.31 bits per heavy atom. The minimum Gasteiger partial charge on any atom is -0.264 e. The zero-order chi connectivity index (χ0) is 18.7. The minimum atomic E-state index is -1.51. The van der Waals surface area contributed by atoms with Crippen molar-refractivity contribution in [1.29, 1.82) is 0 Å². The fraction of sp³-hybridized carbons (Fsp3) is 0.400. The summed E-state index contributed by atoms with van der Waals surface area (Å²) in [5.41, 5.74) is 0.747. The monoisotopic (exact) mass is 352 g/mol. The molecule has 134 valence electrons. The van der Waals surface area contributed by atoms with Crippen LogP contribution in [0.5, 0.6) is 0 Å². The Bertz CT molecular complexity index is 818. The van der Waals surface area contributed by atoms with Gasteiger partial charge in [0.05, 0.1) is 11.8 Å². The fourth-order valence-electron chi connectivity index (χ4n) is 4.57. The van der Waals surface area contributed by atoms with Crippen molar-refractivity contribution in [1.82, 2.24) is 0 Å². The van der Waals surface area contributed by atoms with Crippen molar-refractivity contribution in [2.75, 3.05) is 0 Å². The van der Waals surface area contributed by atoms with Gasteiger partial charge < -0.3 is 0 Å². The average molecular weight is 352 g/mol. The molecule has 4 atom stereocenters.